The van der Waals surface area contributed by atoms with Gasteiger partial charge < -0.3 is 39.2 Å². The molecule has 0 saturated heterocycles. The molecule has 0 atom stereocenters. The summed E-state index contributed by atoms with van der Waals surface area (Å²) in [5, 5.41) is 2.37. The number of anilines is 8. The maximum absolute atomic E-state index is 13.9. The van der Waals surface area contributed by atoms with E-state index < -0.39 is 0 Å². The van der Waals surface area contributed by atoms with Gasteiger partial charge in [-0.3, -0.25) is 19.2 Å². The number of hydrogen-bond acceptors (Lipinski definition) is 14. The van der Waals surface area contributed by atoms with Gasteiger partial charge in [-0.2, -0.15) is 0 Å². The monoisotopic (exact) mass is 1830 g/mol. The predicted molar refractivity (Wildman–Crippen MR) is 569 cm³/mol. The van der Waals surface area contributed by atoms with E-state index >= 15 is 0 Å². The highest BCUT2D eigenvalue weighted by atomic mass is 32.2. The number of fused-ring (bicyclic) bond motifs is 5. The number of benzene rings is 9. The molecule has 12 nitrogen and oxygen atoms in total. The Kier molecular flexibility index (Phi) is 24.1. The maximum atomic E-state index is 13.9. The van der Waals surface area contributed by atoms with Crippen LogP contribution in [0.1, 0.15) is 208 Å². The Labute approximate surface area is 812 Å². The van der Waals surface area contributed by atoms with Crippen molar-refractivity contribution in [3.8, 4) is 0 Å². The molecule has 0 aromatic heterocycles. The molecule has 9 aromatic rings. The summed E-state index contributed by atoms with van der Waals surface area (Å²) in [6, 6.07) is 61.0. The summed E-state index contributed by atoms with van der Waals surface area (Å²) in [7, 11) is 4.22. The lowest BCUT2D eigenvalue weighted by molar-refractivity contribution is -0.112. The molecule has 3 fully saturated rings. The van der Waals surface area contributed by atoms with Gasteiger partial charge in [0, 0.05) is 190 Å². The van der Waals surface area contributed by atoms with Gasteiger partial charge in [0.05, 0.1) is 21.4 Å². The van der Waals surface area contributed by atoms with Gasteiger partial charge in [0.15, 0.2) is 23.1 Å². The van der Waals surface area contributed by atoms with E-state index in [1.54, 1.807) is 23.5 Å². The highest BCUT2D eigenvalue weighted by Crippen LogP contribution is 2.53. The third-order valence-corrected chi connectivity index (χ3v) is 33.8. The predicted octanol–water partition coefficient (Wildman–Crippen LogP) is 25.9. The van der Waals surface area contributed by atoms with E-state index in [9.17, 15) is 19.2 Å². The van der Waals surface area contributed by atoms with Gasteiger partial charge in [-0.25, -0.2) is 0 Å². The Morgan fingerprint density at radius 3 is 0.897 bits per heavy atom. The van der Waals surface area contributed by atoms with Gasteiger partial charge in [0.2, 0.25) is 0 Å². The zero-order valence-corrected chi connectivity index (χ0v) is 82.0. The number of likely N-dealkylation sites (N-methyl/N-ethyl adjacent to an activating group) is 2. The van der Waals surface area contributed by atoms with Crippen molar-refractivity contribution in [1.29, 1.82) is 0 Å². The van der Waals surface area contributed by atoms with Crippen LogP contribution >= 0.6 is 23.5 Å². The standard InChI is InChI=1S/C35H34N2O.C31H34N2O.C29H30N2O.C27H26N2OS2/c1-34(2)27-15-9-11-17-29(27)36(5)31(34)21-19-25-23-13-7-8-14-24(23)26(33(25)38)20-22-32-35(3,4)28-16-10-12-18-30(28)37(32)6;34-31-27(19-21-15-23-5-1-11-32-12-2-6-24(16-21)29(23)32)9-10-28(31)20-22-17-25-7-3-13-33-14-4-8-26(18-22)30(25)33;32-29-25(17-19-13-21-3-1-9-30-11-7-23(15-19)27(21)30)5-6-26(29)18-20-14-22-4-2-10-31-12-8-24(16-20)28(22)31;1-3-28-21-9-5-7-11-23(21)31-25(28)17-15-19-13-14-20(27(19)30)16-18-26-29(4-2)22-10-6-8-12-24(22)32-26/h7-22H,1-6H3;15-20H,1-14H2;13-18H,1-12H2;5-12,15-18H,3-4,13-14H2,1-2H3. The Morgan fingerprint density at radius 2 is 0.574 bits per heavy atom. The summed E-state index contributed by atoms with van der Waals surface area (Å²) >= 11 is 3.55. The molecule has 4 aliphatic carbocycles. The number of hydrogen-bond donors (Lipinski definition) is 0. The quantitative estimate of drug-likeness (QED) is 0.122. The molecule has 0 bridgehead atoms. The van der Waals surface area contributed by atoms with Crippen molar-refractivity contribution in [3.05, 3.63) is 362 Å². The lowest BCUT2D eigenvalue weighted by Gasteiger charge is -2.37. The largest absolute Gasteiger partial charge is 0.371 e. The van der Waals surface area contributed by atoms with Crippen LogP contribution in [0.5, 0.6) is 0 Å². The average molecular weight is 1830 g/mol. The van der Waals surface area contributed by atoms with Crippen molar-refractivity contribution in [2.45, 2.75) is 191 Å². The number of allylic oxidation sites excluding steroid dienone is 18. The van der Waals surface area contributed by atoms with Crippen LogP contribution in [0.15, 0.2) is 283 Å². The number of para-hydroxylation sites is 4. The molecular weight excluding hydrogens is 1710 g/mol. The fraction of sp³-hybridized carbons (Fsp3) is 0.328. The molecule has 3 saturated carbocycles. The minimum atomic E-state index is -0.139. The SMILES string of the molecule is CCN1C(=CC=C2CCC(=CC=C3Sc4ccccc4N3CC)C2=O)Sc2ccccc21.CN1C(=CC=C2C(=O)C(=CC=C3N(C)c4ccccc4C3(C)C)c3ccccc32)C(C)(C)c2ccccc21.O=C1C(=Cc2cc3c4c(c2)CCCN4CCC3)CCC1=Cc1cc2c3c(c1)CCCN3CCC2.O=C1C(=Cc2cc3c4c(c2)CCN4CCC3)CCC1=Cc1cc2c3c(c1)CCN3CCC2. The van der Waals surface area contributed by atoms with Gasteiger partial charge in [-0.15, -0.1) is 0 Å². The Balaban J connectivity index is 0.000000105. The van der Waals surface area contributed by atoms with E-state index in [-0.39, 0.29) is 34.0 Å². The average Bonchev–Trinajstić information content (AvgIpc) is 1.65. The molecule has 25 rings (SSSR count). The van der Waals surface area contributed by atoms with Crippen LogP contribution in [0.25, 0.3) is 35.5 Å². The minimum Gasteiger partial charge on any atom is -0.371 e. The van der Waals surface area contributed by atoms with Crippen LogP contribution < -0.4 is 39.2 Å². The van der Waals surface area contributed by atoms with E-state index in [4.69, 9.17) is 0 Å². The topological polar surface area (TPSA) is 94.2 Å². The first-order chi connectivity index (χ1) is 66.3. The van der Waals surface area contributed by atoms with E-state index in [0.29, 0.717) is 0 Å². The van der Waals surface area contributed by atoms with Crippen molar-refractivity contribution >= 4 is 128 Å². The van der Waals surface area contributed by atoms with Crippen molar-refractivity contribution in [1.82, 2.24) is 0 Å². The Hall–Kier alpha value is -12.4. The molecule has 136 heavy (non-hydrogen) atoms. The molecule has 0 radical (unpaired) electrons. The van der Waals surface area contributed by atoms with Crippen molar-refractivity contribution < 1.29 is 19.2 Å². The number of thioether (sulfide) groups is 2. The molecule has 0 unspecified atom stereocenters. The second kappa shape index (κ2) is 36.9. The van der Waals surface area contributed by atoms with Crippen molar-refractivity contribution in [3.63, 3.8) is 0 Å². The number of ketones is 4. The minimum absolute atomic E-state index is 0.0758. The second-order valence-corrected chi connectivity index (χ2v) is 42.7. The molecule has 14 heteroatoms. The smallest absolute Gasteiger partial charge is 0.194 e. The summed E-state index contributed by atoms with van der Waals surface area (Å²) in [5.41, 5.74) is 41.8. The summed E-state index contributed by atoms with van der Waals surface area (Å²) < 4.78 is 0. The van der Waals surface area contributed by atoms with E-state index in [0.717, 1.165) is 133 Å². The highest BCUT2D eigenvalue weighted by molar-refractivity contribution is 8.04. The summed E-state index contributed by atoms with van der Waals surface area (Å²) in [4.78, 5) is 75.5. The molecule has 0 amide bonds. The lowest BCUT2D eigenvalue weighted by atomic mass is 9.83. The number of aryl methyl sites for hydroxylation is 6. The molecule has 16 aliphatic rings. The van der Waals surface area contributed by atoms with Crippen molar-refractivity contribution in [2.24, 2.45) is 0 Å². The highest BCUT2D eigenvalue weighted by Gasteiger charge is 2.42. The first-order valence-electron chi connectivity index (χ1n) is 50.4. The number of nitrogens with zero attached hydrogens (tertiary/aromatic N) is 8. The Bertz CT molecular complexity index is 6440. The zero-order chi connectivity index (χ0) is 92.8. The van der Waals surface area contributed by atoms with Gasteiger partial charge >= 0.3 is 0 Å². The van der Waals surface area contributed by atoms with Crippen LogP contribution in [0.2, 0.25) is 0 Å². The van der Waals surface area contributed by atoms with Crippen LogP contribution in [-0.2, 0) is 81.4 Å². The third kappa shape index (κ3) is 16.5. The molecule has 12 heterocycles. The van der Waals surface area contributed by atoms with E-state index in [2.05, 4.69) is 301 Å². The van der Waals surface area contributed by atoms with Gasteiger partial charge in [-0.05, 0) is 377 Å². The first-order valence-corrected chi connectivity index (χ1v) is 52.1. The summed E-state index contributed by atoms with van der Waals surface area (Å²) in [5.74, 6) is 0.787. The van der Waals surface area contributed by atoms with Crippen LogP contribution in [0.3, 0.4) is 0 Å². The fourth-order valence-electron chi connectivity index (χ4n) is 25.0. The van der Waals surface area contributed by atoms with Crippen LogP contribution in [-0.4, -0.2) is 103 Å². The van der Waals surface area contributed by atoms with Gasteiger partial charge in [-0.1, -0.05) is 148 Å². The normalized spacial score (nSPS) is 23.1. The Morgan fingerprint density at radius 1 is 0.294 bits per heavy atom. The molecule has 9 aromatic carbocycles. The second-order valence-electron chi connectivity index (χ2n) is 40.5. The number of carbonyl (C=O) groups is 4. The number of carbonyl (C=O) groups excluding carboxylic acids is 4. The third-order valence-electron chi connectivity index (χ3n) is 31.5. The molecule has 688 valence electrons. The molecule has 0 N–H and O–H groups in total. The summed E-state index contributed by atoms with van der Waals surface area (Å²) in [6.07, 6.45) is 47.3. The van der Waals surface area contributed by atoms with E-state index in [1.165, 1.54) is 271 Å². The van der Waals surface area contributed by atoms with Crippen molar-refractivity contribution in [2.75, 3.05) is 119 Å². The maximum Gasteiger partial charge on any atom is 0.194 e. The zero-order valence-electron chi connectivity index (χ0n) is 80.3. The number of rotatable bonds is 10. The van der Waals surface area contributed by atoms with E-state index in [1.807, 2.05) is 36.4 Å². The number of Topliss-reactive ketones (excluding diaryl/α,β-unsaturated/α-hetero) is 4. The molecule has 12 aliphatic heterocycles. The summed E-state index contributed by atoms with van der Waals surface area (Å²) in [6.45, 7) is 24.7. The van der Waals surface area contributed by atoms with Crippen LogP contribution in [0, 0.1) is 0 Å². The van der Waals surface area contributed by atoms with Gasteiger partial charge in [0.25, 0.3) is 0 Å². The first kappa shape index (κ1) is 88.9. The van der Waals surface area contributed by atoms with Gasteiger partial charge in [0.1, 0.15) is 0 Å². The molecular formula is C122H124N8O4S2. The lowest BCUT2D eigenvalue weighted by Crippen LogP contribution is -2.34. The van der Waals surface area contributed by atoms with Crippen LogP contribution in [0.4, 0.5) is 45.5 Å². The molecule has 0 spiro atoms. The fourth-order valence-corrected chi connectivity index (χ4v) is 27.2.